The van der Waals surface area contributed by atoms with Gasteiger partial charge in [-0.1, -0.05) is 32.0 Å². The van der Waals surface area contributed by atoms with Gasteiger partial charge in [-0.15, -0.1) is 11.8 Å². The van der Waals surface area contributed by atoms with Crippen LogP contribution in [0, 0.1) is 0 Å². The number of hydrogen-bond donors (Lipinski definition) is 2. The lowest BCUT2D eigenvalue weighted by molar-refractivity contribution is 0.238. The van der Waals surface area contributed by atoms with Gasteiger partial charge in [0.25, 0.3) is 0 Å². The monoisotopic (exact) mass is 402 g/mol. The Morgan fingerprint density at radius 3 is 2.29 bits per heavy atom. The molecule has 0 aromatic heterocycles. The Labute approximate surface area is 172 Å². The highest BCUT2D eigenvalue weighted by molar-refractivity contribution is 7.99. The summed E-state index contributed by atoms with van der Waals surface area (Å²) in [4.78, 5) is 13.4. The first-order valence-electron chi connectivity index (χ1n) is 9.44. The van der Waals surface area contributed by atoms with Crippen LogP contribution in [0.4, 0.5) is 4.79 Å². The van der Waals surface area contributed by atoms with E-state index >= 15 is 0 Å². The average Bonchev–Trinajstić information content (AvgIpc) is 2.67. The van der Waals surface area contributed by atoms with Crippen molar-refractivity contribution in [2.45, 2.75) is 43.4 Å². The molecule has 0 spiro atoms. The maximum absolute atomic E-state index is 12.2. The van der Waals surface area contributed by atoms with E-state index in [-0.39, 0.29) is 12.1 Å². The van der Waals surface area contributed by atoms with Gasteiger partial charge >= 0.3 is 6.03 Å². The molecular weight excluding hydrogens is 372 g/mol. The Balaban J connectivity index is 1.80. The fourth-order valence-corrected chi connectivity index (χ4v) is 3.63. The number of carbonyl (C=O) groups is 1. The van der Waals surface area contributed by atoms with Crippen LogP contribution in [0.2, 0.25) is 0 Å². The first kappa shape index (κ1) is 22.0. The van der Waals surface area contributed by atoms with Crippen LogP contribution in [0.1, 0.15) is 37.9 Å². The minimum absolute atomic E-state index is 0.0563. The molecule has 0 aliphatic rings. The Bertz CT molecular complexity index is 763. The number of carbonyl (C=O) groups excluding carboxylic acids is 1. The predicted octanol–water partition coefficient (Wildman–Crippen LogP) is 4.81. The Morgan fingerprint density at radius 1 is 1.00 bits per heavy atom. The zero-order valence-electron chi connectivity index (χ0n) is 17.2. The van der Waals surface area contributed by atoms with Gasteiger partial charge in [0, 0.05) is 16.7 Å². The van der Waals surface area contributed by atoms with Gasteiger partial charge in [0.2, 0.25) is 0 Å². The molecule has 2 aromatic carbocycles. The number of nitrogens with one attached hydrogen (secondary N) is 2. The summed E-state index contributed by atoms with van der Waals surface area (Å²) in [5.41, 5.74) is 2.16. The molecule has 0 saturated heterocycles. The van der Waals surface area contributed by atoms with Crippen LogP contribution in [-0.2, 0) is 6.42 Å². The van der Waals surface area contributed by atoms with Crippen LogP contribution in [0.3, 0.4) is 0 Å². The third-order valence-electron chi connectivity index (χ3n) is 4.25. The SMILES string of the molecule is COc1ccc(CCNC(=O)NC(C)c2ccc(SC(C)C)cc2)cc1OC. The van der Waals surface area contributed by atoms with E-state index in [1.807, 2.05) is 36.9 Å². The van der Waals surface area contributed by atoms with Crippen LogP contribution in [0.15, 0.2) is 47.4 Å². The van der Waals surface area contributed by atoms with Crippen LogP contribution in [0.25, 0.3) is 0 Å². The number of benzene rings is 2. The summed E-state index contributed by atoms with van der Waals surface area (Å²) < 4.78 is 10.5. The third-order valence-corrected chi connectivity index (χ3v) is 5.26. The van der Waals surface area contributed by atoms with Crippen molar-refractivity contribution in [2.75, 3.05) is 20.8 Å². The van der Waals surface area contributed by atoms with E-state index in [4.69, 9.17) is 9.47 Å². The smallest absolute Gasteiger partial charge is 0.315 e. The molecule has 2 aromatic rings. The van der Waals surface area contributed by atoms with Crippen molar-refractivity contribution < 1.29 is 14.3 Å². The van der Waals surface area contributed by atoms with E-state index in [2.05, 4.69) is 48.7 Å². The summed E-state index contributed by atoms with van der Waals surface area (Å²) >= 11 is 1.83. The van der Waals surface area contributed by atoms with Crippen molar-refractivity contribution in [1.29, 1.82) is 0 Å². The predicted molar refractivity (Wildman–Crippen MR) is 116 cm³/mol. The fourth-order valence-electron chi connectivity index (χ4n) is 2.79. The molecule has 0 heterocycles. The van der Waals surface area contributed by atoms with Gasteiger partial charge in [0.1, 0.15) is 0 Å². The third kappa shape index (κ3) is 6.68. The second-order valence-electron chi connectivity index (χ2n) is 6.80. The van der Waals surface area contributed by atoms with Crippen LogP contribution >= 0.6 is 11.8 Å². The van der Waals surface area contributed by atoms with Gasteiger partial charge in [0.15, 0.2) is 11.5 Å². The minimum atomic E-state index is -0.173. The first-order valence-corrected chi connectivity index (χ1v) is 10.3. The van der Waals surface area contributed by atoms with E-state index in [0.29, 0.717) is 29.7 Å². The second kappa shape index (κ2) is 10.9. The largest absolute Gasteiger partial charge is 0.493 e. The summed E-state index contributed by atoms with van der Waals surface area (Å²) in [6.07, 6.45) is 0.712. The Kier molecular flexibility index (Phi) is 8.51. The summed E-state index contributed by atoms with van der Waals surface area (Å²) in [5, 5.41) is 6.44. The maximum atomic E-state index is 12.2. The number of hydrogen-bond acceptors (Lipinski definition) is 4. The van der Waals surface area contributed by atoms with Crippen molar-refractivity contribution in [1.82, 2.24) is 10.6 Å². The van der Waals surface area contributed by atoms with E-state index in [0.717, 1.165) is 11.1 Å². The van der Waals surface area contributed by atoms with Crippen molar-refractivity contribution in [3.05, 3.63) is 53.6 Å². The molecule has 2 N–H and O–H groups in total. The molecule has 0 fully saturated rings. The molecule has 152 valence electrons. The summed E-state index contributed by atoms with van der Waals surface area (Å²) in [6.45, 7) is 6.88. The zero-order chi connectivity index (χ0) is 20.5. The standard InChI is InChI=1S/C22H30N2O3S/c1-15(2)28-19-9-7-18(8-10-19)16(3)24-22(25)23-13-12-17-6-11-20(26-4)21(14-17)27-5/h6-11,14-16H,12-13H2,1-5H3,(H2,23,24,25). The number of amides is 2. The number of thioether (sulfide) groups is 1. The highest BCUT2D eigenvalue weighted by Crippen LogP contribution is 2.27. The fraction of sp³-hybridized carbons (Fsp3) is 0.409. The molecule has 2 rings (SSSR count). The number of methoxy groups -OCH3 is 2. The lowest BCUT2D eigenvalue weighted by atomic mass is 10.1. The molecule has 0 bridgehead atoms. The van der Waals surface area contributed by atoms with E-state index < -0.39 is 0 Å². The lowest BCUT2D eigenvalue weighted by Crippen LogP contribution is -2.38. The zero-order valence-corrected chi connectivity index (χ0v) is 18.1. The van der Waals surface area contributed by atoms with E-state index in [9.17, 15) is 4.79 Å². The molecule has 1 atom stereocenters. The lowest BCUT2D eigenvalue weighted by Gasteiger charge is -2.16. The number of ether oxygens (including phenoxy) is 2. The second-order valence-corrected chi connectivity index (χ2v) is 8.45. The van der Waals surface area contributed by atoms with Gasteiger partial charge in [-0.25, -0.2) is 4.79 Å². The quantitative estimate of drug-likeness (QED) is 0.591. The molecule has 0 saturated carbocycles. The topological polar surface area (TPSA) is 59.6 Å². The van der Waals surface area contributed by atoms with Crippen LogP contribution in [-0.4, -0.2) is 32.0 Å². The molecule has 1 unspecified atom stereocenters. The molecule has 0 aliphatic heterocycles. The average molecular weight is 403 g/mol. The van der Waals surface area contributed by atoms with Crippen molar-refractivity contribution >= 4 is 17.8 Å². The molecule has 0 aliphatic carbocycles. The van der Waals surface area contributed by atoms with Crippen molar-refractivity contribution in [3.63, 3.8) is 0 Å². The normalized spacial score (nSPS) is 11.8. The van der Waals surface area contributed by atoms with Gasteiger partial charge < -0.3 is 20.1 Å². The minimum Gasteiger partial charge on any atom is -0.493 e. The first-order chi connectivity index (χ1) is 13.4. The van der Waals surface area contributed by atoms with Gasteiger partial charge in [-0.3, -0.25) is 0 Å². The summed E-state index contributed by atoms with van der Waals surface area (Å²) in [6, 6.07) is 13.9. The van der Waals surface area contributed by atoms with Gasteiger partial charge in [0.05, 0.1) is 20.3 Å². The molecule has 2 amide bonds. The molecule has 6 heteroatoms. The van der Waals surface area contributed by atoms with Gasteiger partial charge in [-0.05, 0) is 48.7 Å². The Morgan fingerprint density at radius 2 is 1.68 bits per heavy atom. The van der Waals surface area contributed by atoms with Crippen molar-refractivity contribution in [2.24, 2.45) is 0 Å². The Hall–Kier alpha value is -2.34. The van der Waals surface area contributed by atoms with Gasteiger partial charge in [-0.2, -0.15) is 0 Å². The maximum Gasteiger partial charge on any atom is 0.315 e. The summed E-state index contributed by atoms with van der Waals surface area (Å²) in [5.74, 6) is 1.39. The molecule has 28 heavy (non-hydrogen) atoms. The highest BCUT2D eigenvalue weighted by Gasteiger charge is 2.10. The van der Waals surface area contributed by atoms with E-state index in [1.54, 1.807) is 14.2 Å². The summed E-state index contributed by atoms with van der Waals surface area (Å²) in [7, 11) is 3.23. The number of urea groups is 1. The molecular formula is C22H30N2O3S. The molecule has 5 nitrogen and oxygen atoms in total. The highest BCUT2D eigenvalue weighted by atomic mass is 32.2. The number of rotatable bonds is 9. The van der Waals surface area contributed by atoms with Crippen molar-refractivity contribution in [3.8, 4) is 11.5 Å². The molecule has 0 radical (unpaired) electrons. The van der Waals surface area contributed by atoms with Crippen LogP contribution < -0.4 is 20.1 Å². The van der Waals surface area contributed by atoms with E-state index in [1.165, 1.54) is 4.90 Å². The van der Waals surface area contributed by atoms with Crippen LogP contribution in [0.5, 0.6) is 11.5 Å².